The van der Waals surface area contributed by atoms with Gasteiger partial charge in [0.2, 0.25) is 0 Å². The first-order valence-electron chi connectivity index (χ1n) is 7.10. The van der Waals surface area contributed by atoms with E-state index in [1.807, 2.05) is 6.92 Å². The second-order valence-electron chi connectivity index (χ2n) is 5.87. The lowest BCUT2D eigenvalue weighted by atomic mass is 9.81. The minimum atomic E-state index is -0.710. The third kappa shape index (κ3) is 5.83. The SMILES string of the molecule is CCN(CC(=O)O)CC1CCC(CN(C)C)CC1. The third-order valence-corrected chi connectivity index (χ3v) is 3.91. The van der Waals surface area contributed by atoms with Gasteiger partial charge >= 0.3 is 5.97 Å². The number of hydrogen-bond acceptors (Lipinski definition) is 3. The Morgan fingerprint density at radius 1 is 1.11 bits per heavy atom. The van der Waals surface area contributed by atoms with Crippen LogP contribution in [0.5, 0.6) is 0 Å². The molecule has 18 heavy (non-hydrogen) atoms. The molecule has 4 nitrogen and oxygen atoms in total. The predicted molar refractivity (Wildman–Crippen MR) is 73.8 cm³/mol. The molecule has 0 aromatic carbocycles. The van der Waals surface area contributed by atoms with Crippen LogP contribution < -0.4 is 0 Å². The van der Waals surface area contributed by atoms with E-state index < -0.39 is 5.97 Å². The molecule has 1 rings (SSSR count). The Hall–Kier alpha value is -0.610. The Morgan fingerprint density at radius 2 is 1.61 bits per heavy atom. The van der Waals surface area contributed by atoms with Crippen LogP contribution >= 0.6 is 0 Å². The topological polar surface area (TPSA) is 43.8 Å². The van der Waals surface area contributed by atoms with E-state index in [1.54, 1.807) is 0 Å². The molecular formula is C14H28N2O2. The average Bonchev–Trinajstić information content (AvgIpc) is 2.29. The number of carboxylic acids is 1. The second-order valence-corrected chi connectivity index (χ2v) is 5.87. The fraction of sp³-hybridized carbons (Fsp3) is 0.929. The summed E-state index contributed by atoms with van der Waals surface area (Å²) in [5.74, 6) is 0.826. The third-order valence-electron chi connectivity index (χ3n) is 3.91. The summed E-state index contributed by atoms with van der Waals surface area (Å²) in [6.07, 6.45) is 5.12. The van der Waals surface area contributed by atoms with Gasteiger partial charge in [0, 0.05) is 13.1 Å². The fourth-order valence-corrected chi connectivity index (χ4v) is 2.97. The molecule has 0 saturated heterocycles. The summed E-state index contributed by atoms with van der Waals surface area (Å²) in [4.78, 5) is 15.1. The van der Waals surface area contributed by atoms with Gasteiger partial charge in [-0.15, -0.1) is 0 Å². The number of aliphatic carboxylic acids is 1. The molecular weight excluding hydrogens is 228 g/mol. The maximum atomic E-state index is 10.7. The number of hydrogen-bond donors (Lipinski definition) is 1. The van der Waals surface area contributed by atoms with Crippen LogP contribution in [0.3, 0.4) is 0 Å². The Labute approximate surface area is 111 Å². The molecule has 0 unspecified atom stereocenters. The molecule has 0 amide bonds. The van der Waals surface area contributed by atoms with E-state index in [0.717, 1.165) is 19.0 Å². The number of likely N-dealkylation sites (N-methyl/N-ethyl adjacent to an activating group) is 1. The normalized spacial score (nSPS) is 24.7. The van der Waals surface area contributed by atoms with Crippen molar-refractivity contribution < 1.29 is 9.90 Å². The van der Waals surface area contributed by atoms with E-state index in [4.69, 9.17) is 5.11 Å². The number of carbonyl (C=O) groups is 1. The van der Waals surface area contributed by atoms with Gasteiger partial charge in [0.1, 0.15) is 0 Å². The van der Waals surface area contributed by atoms with Crippen molar-refractivity contribution in [2.24, 2.45) is 11.8 Å². The molecule has 0 spiro atoms. The van der Waals surface area contributed by atoms with Crippen LogP contribution in [-0.2, 0) is 4.79 Å². The van der Waals surface area contributed by atoms with Gasteiger partial charge in [0.25, 0.3) is 0 Å². The zero-order valence-electron chi connectivity index (χ0n) is 12.1. The van der Waals surface area contributed by atoms with Gasteiger partial charge in [-0.05, 0) is 58.2 Å². The lowest BCUT2D eigenvalue weighted by molar-refractivity contribution is -0.138. The molecule has 0 aromatic rings. The van der Waals surface area contributed by atoms with Crippen molar-refractivity contribution in [3.63, 3.8) is 0 Å². The molecule has 0 heterocycles. The molecule has 0 aliphatic heterocycles. The molecule has 0 radical (unpaired) electrons. The van der Waals surface area contributed by atoms with E-state index in [1.165, 1.54) is 32.2 Å². The zero-order valence-corrected chi connectivity index (χ0v) is 12.1. The second kappa shape index (κ2) is 7.74. The summed E-state index contributed by atoms with van der Waals surface area (Å²) in [6, 6.07) is 0. The Kier molecular flexibility index (Phi) is 6.65. The Bertz CT molecular complexity index is 248. The highest BCUT2D eigenvalue weighted by Gasteiger charge is 2.23. The van der Waals surface area contributed by atoms with Crippen molar-refractivity contribution in [3.8, 4) is 0 Å². The molecule has 1 N–H and O–H groups in total. The van der Waals surface area contributed by atoms with Crippen LogP contribution in [-0.4, -0.2) is 61.2 Å². The van der Waals surface area contributed by atoms with Gasteiger partial charge in [-0.2, -0.15) is 0 Å². The molecule has 106 valence electrons. The standard InChI is InChI=1S/C14H28N2O2/c1-4-16(11-14(17)18)10-13-7-5-12(6-8-13)9-15(2)3/h12-13H,4-11H2,1-3H3,(H,17,18). The van der Waals surface area contributed by atoms with Gasteiger partial charge in [-0.25, -0.2) is 0 Å². The lowest BCUT2D eigenvalue weighted by Gasteiger charge is -2.32. The summed E-state index contributed by atoms with van der Waals surface area (Å²) in [7, 11) is 4.27. The monoisotopic (exact) mass is 256 g/mol. The van der Waals surface area contributed by atoms with Crippen LogP contribution in [0.2, 0.25) is 0 Å². The summed E-state index contributed by atoms with van der Waals surface area (Å²) in [6.45, 7) is 5.22. The molecule has 0 atom stereocenters. The van der Waals surface area contributed by atoms with Crippen molar-refractivity contribution >= 4 is 5.97 Å². The molecule has 0 aromatic heterocycles. The molecule has 0 bridgehead atoms. The summed E-state index contributed by atoms with van der Waals surface area (Å²) in [5, 5.41) is 8.84. The van der Waals surface area contributed by atoms with Gasteiger partial charge in [0.15, 0.2) is 0 Å². The first-order chi connectivity index (χ1) is 8.51. The molecule has 4 heteroatoms. The van der Waals surface area contributed by atoms with Crippen molar-refractivity contribution in [2.45, 2.75) is 32.6 Å². The largest absolute Gasteiger partial charge is 0.480 e. The highest BCUT2D eigenvalue weighted by atomic mass is 16.4. The smallest absolute Gasteiger partial charge is 0.317 e. The number of nitrogens with zero attached hydrogens (tertiary/aromatic N) is 2. The Morgan fingerprint density at radius 3 is 2.00 bits per heavy atom. The van der Waals surface area contributed by atoms with E-state index >= 15 is 0 Å². The van der Waals surface area contributed by atoms with E-state index in [2.05, 4.69) is 23.9 Å². The minimum absolute atomic E-state index is 0.189. The van der Waals surface area contributed by atoms with Crippen molar-refractivity contribution in [1.29, 1.82) is 0 Å². The quantitative estimate of drug-likeness (QED) is 0.754. The van der Waals surface area contributed by atoms with Crippen molar-refractivity contribution in [2.75, 3.05) is 40.3 Å². The van der Waals surface area contributed by atoms with Crippen LogP contribution in [0.1, 0.15) is 32.6 Å². The summed E-state index contributed by atoms with van der Waals surface area (Å²) in [5.41, 5.74) is 0. The van der Waals surface area contributed by atoms with E-state index in [9.17, 15) is 4.79 Å². The lowest BCUT2D eigenvalue weighted by Crippen LogP contribution is -2.36. The zero-order chi connectivity index (χ0) is 13.5. The molecule has 1 saturated carbocycles. The van der Waals surface area contributed by atoms with Crippen LogP contribution in [0.4, 0.5) is 0 Å². The van der Waals surface area contributed by atoms with Gasteiger partial charge in [-0.1, -0.05) is 6.92 Å². The van der Waals surface area contributed by atoms with E-state index in [0.29, 0.717) is 5.92 Å². The molecule has 1 aliphatic rings. The minimum Gasteiger partial charge on any atom is -0.480 e. The van der Waals surface area contributed by atoms with Crippen molar-refractivity contribution in [3.05, 3.63) is 0 Å². The molecule has 1 aliphatic carbocycles. The first kappa shape index (κ1) is 15.4. The summed E-state index contributed by atoms with van der Waals surface area (Å²) < 4.78 is 0. The van der Waals surface area contributed by atoms with Crippen LogP contribution in [0.25, 0.3) is 0 Å². The van der Waals surface area contributed by atoms with Crippen LogP contribution in [0, 0.1) is 11.8 Å². The molecule has 1 fully saturated rings. The number of rotatable bonds is 7. The van der Waals surface area contributed by atoms with E-state index in [-0.39, 0.29) is 6.54 Å². The Balaban J connectivity index is 2.27. The average molecular weight is 256 g/mol. The maximum absolute atomic E-state index is 10.7. The van der Waals surface area contributed by atoms with Gasteiger partial charge in [-0.3, -0.25) is 9.69 Å². The fourth-order valence-electron chi connectivity index (χ4n) is 2.97. The first-order valence-corrected chi connectivity index (χ1v) is 7.10. The highest BCUT2D eigenvalue weighted by Crippen LogP contribution is 2.29. The summed E-state index contributed by atoms with van der Waals surface area (Å²) >= 11 is 0. The maximum Gasteiger partial charge on any atom is 0.317 e. The number of carboxylic acid groups (broad SMARTS) is 1. The van der Waals surface area contributed by atoms with Crippen LogP contribution in [0.15, 0.2) is 0 Å². The predicted octanol–water partition coefficient (Wildman–Crippen LogP) is 1.76. The van der Waals surface area contributed by atoms with Gasteiger partial charge in [0.05, 0.1) is 6.54 Å². The highest BCUT2D eigenvalue weighted by molar-refractivity contribution is 5.69. The van der Waals surface area contributed by atoms with Gasteiger partial charge < -0.3 is 10.0 Å². The van der Waals surface area contributed by atoms with Crippen molar-refractivity contribution in [1.82, 2.24) is 9.80 Å².